The number of fused-ring (bicyclic) bond motifs is 1. The maximum atomic E-state index is 2.42. The summed E-state index contributed by atoms with van der Waals surface area (Å²) in [6, 6.07) is 4.84. The third-order valence-corrected chi connectivity index (χ3v) is 4.47. The van der Waals surface area contributed by atoms with Crippen LogP contribution in [0.25, 0.3) is 0 Å². The first kappa shape index (κ1) is 11.7. The molecule has 0 spiro atoms. The molecule has 2 rings (SSSR count). The van der Waals surface area contributed by atoms with E-state index < -0.39 is 0 Å². The Morgan fingerprint density at radius 3 is 1.38 bits per heavy atom. The van der Waals surface area contributed by atoms with Gasteiger partial charge in [0.2, 0.25) is 0 Å². The van der Waals surface area contributed by atoms with Crippen molar-refractivity contribution in [3.8, 4) is 0 Å². The van der Waals surface area contributed by atoms with Crippen molar-refractivity contribution in [2.75, 3.05) is 0 Å². The molecule has 0 nitrogen and oxygen atoms in total. The minimum absolute atomic E-state index is 0.351. The Labute approximate surface area is 100 Å². The van der Waals surface area contributed by atoms with Gasteiger partial charge in [-0.15, -0.1) is 0 Å². The zero-order valence-corrected chi connectivity index (χ0v) is 11.6. The van der Waals surface area contributed by atoms with E-state index in [1.807, 2.05) is 0 Å². The van der Waals surface area contributed by atoms with Crippen LogP contribution in [0.2, 0.25) is 0 Å². The lowest BCUT2D eigenvalue weighted by molar-refractivity contribution is 0.331. The Morgan fingerprint density at radius 1 is 0.750 bits per heavy atom. The van der Waals surface area contributed by atoms with E-state index in [0.717, 1.165) is 0 Å². The summed E-state index contributed by atoms with van der Waals surface area (Å²) in [7, 11) is 0. The van der Waals surface area contributed by atoms with Gasteiger partial charge >= 0.3 is 0 Å². The predicted octanol–water partition coefficient (Wildman–Crippen LogP) is 4.65. The van der Waals surface area contributed by atoms with Crippen molar-refractivity contribution in [3.05, 3.63) is 34.4 Å². The second-order valence-corrected chi connectivity index (χ2v) is 6.75. The van der Waals surface area contributed by atoms with Gasteiger partial charge in [0.05, 0.1) is 0 Å². The Bertz CT molecular complexity index is 381. The number of rotatable bonds is 0. The van der Waals surface area contributed by atoms with Crippen molar-refractivity contribution in [3.63, 3.8) is 0 Å². The molecule has 0 aromatic heterocycles. The van der Waals surface area contributed by atoms with Crippen molar-refractivity contribution >= 4 is 0 Å². The highest BCUT2D eigenvalue weighted by atomic mass is 14.4. The molecule has 16 heavy (non-hydrogen) atoms. The normalized spacial score (nSPS) is 21.6. The van der Waals surface area contributed by atoms with E-state index in [1.165, 1.54) is 24.0 Å². The van der Waals surface area contributed by atoms with Gasteiger partial charge in [-0.25, -0.2) is 0 Å². The summed E-state index contributed by atoms with van der Waals surface area (Å²) >= 11 is 0. The number of hydrogen-bond donors (Lipinski definition) is 0. The summed E-state index contributed by atoms with van der Waals surface area (Å²) in [6.45, 7) is 14.0. The van der Waals surface area contributed by atoms with Crippen LogP contribution in [0.5, 0.6) is 0 Å². The van der Waals surface area contributed by atoms with Crippen molar-refractivity contribution < 1.29 is 0 Å². The molecule has 88 valence electrons. The summed E-state index contributed by atoms with van der Waals surface area (Å²) < 4.78 is 0. The van der Waals surface area contributed by atoms with Crippen molar-refractivity contribution in [2.24, 2.45) is 0 Å². The van der Waals surface area contributed by atoms with Crippen LogP contribution in [0.3, 0.4) is 0 Å². The molecule has 0 heteroatoms. The molecule has 0 fully saturated rings. The number of hydrogen-bond acceptors (Lipinski definition) is 0. The molecule has 0 bridgehead atoms. The summed E-state index contributed by atoms with van der Waals surface area (Å²) in [5.74, 6) is 0. The lowest BCUT2D eigenvalue weighted by Gasteiger charge is -2.42. The minimum atomic E-state index is 0.351. The summed E-state index contributed by atoms with van der Waals surface area (Å²) in [4.78, 5) is 0. The average molecular weight is 216 g/mol. The van der Waals surface area contributed by atoms with Crippen molar-refractivity contribution in [1.29, 1.82) is 0 Å². The molecule has 0 atom stereocenters. The highest BCUT2D eigenvalue weighted by Crippen LogP contribution is 2.46. The second kappa shape index (κ2) is 3.35. The van der Waals surface area contributed by atoms with Crippen molar-refractivity contribution in [2.45, 2.75) is 65.2 Å². The zero-order chi connectivity index (χ0) is 12.1. The van der Waals surface area contributed by atoms with Gasteiger partial charge < -0.3 is 0 Å². The lowest BCUT2D eigenvalue weighted by Crippen LogP contribution is -2.34. The highest BCUT2D eigenvalue weighted by molar-refractivity contribution is 5.46. The van der Waals surface area contributed by atoms with Crippen LogP contribution in [-0.2, 0) is 10.8 Å². The van der Waals surface area contributed by atoms with Gasteiger partial charge in [-0.1, -0.05) is 39.8 Å². The summed E-state index contributed by atoms with van der Waals surface area (Å²) in [5.41, 5.74) is 6.72. The topological polar surface area (TPSA) is 0 Å². The first-order valence-electron chi connectivity index (χ1n) is 6.36. The fraction of sp³-hybridized carbons (Fsp3) is 0.625. The first-order valence-corrected chi connectivity index (χ1v) is 6.36. The molecule has 1 aromatic rings. The largest absolute Gasteiger partial charge is 0.0558 e. The Balaban J connectivity index is 2.70. The molecule has 1 aliphatic rings. The van der Waals surface area contributed by atoms with Gasteiger partial charge in [-0.2, -0.15) is 0 Å². The average Bonchev–Trinajstić information content (AvgIpc) is 2.17. The SMILES string of the molecule is Cc1cc2c(cc1C)C(C)(C)CCC2(C)C. The van der Waals surface area contributed by atoms with Crippen LogP contribution in [0, 0.1) is 13.8 Å². The van der Waals surface area contributed by atoms with Crippen LogP contribution in [0.4, 0.5) is 0 Å². The third-order valence-electron chi connectivity index (χ3n) is 4.47. The minimum Gasteiger partial charge on any atom is -0.0558 e. The molecule has 1 aromatic carbocycles. The maximum Gasteiger partial charge on any atom is -0.0100 e. The lowest BCUT2D eigenvalue weighted by atomic mass is 9.62. The molecule has 0 N–H and O–H groups in total. The third kappa shape index (κ3) is 1.69. The quantitative estimate of drug-likeness (QED) is 0.592. The van der Waals surface area contributed by atoms with Crippen LogP contribution in [0.15, 0.2) is 12.1 Å². The maximum absolute atomic E-state index is 2.42. The molecule has 0 heterocycles. The van der Waals surface area contributed by atoms with Crippen molar-refractivity contribution in [1.82, 2.24) is 0 Å². The van der Waals surface area contributed by atoms with Crippen LogP contribution < -0.4 is 0 Å². The van der Waals surface area contributed by atoms with Crippen LogP contribution in [-0.4, -0.2) is 0 Å². The molecule has 1 aliphatic carbocycles. The first-order chi connectivity index (χ1) is 7.24. The van der Waals surface area contributed by atoms with Gasteiger partial charge in [-0.05, 0) is 59.8 Å². The molecule has 0 saturated heterocycles. The number of benzene rings is 1. The van der Waals surface area contributed by atoms with E-state index in [4.69, 9.17) is 0 Å². The molecular weight excluding hydrogens is 192 g/mol. The predicted molar refractivity (Wildman–Crippen MR) is 71.2 cm³/mol. The van der Waals surface area contributed by atoms with Gasteiger partial charge in [0.25, 0.3) is 0 Å². The monoisotopic (exact) mass is 216 g/mol. The molecule has 0 radical (unpaired) electrons. The Morgan fingerprint density at radius 2 is 1.06 bits per heavy atom. The molecule has 0 saturated carbocycles. The van der Waals surface area contributed by atoms with Gasteiger partial charge in [0.1, 0.15) is 0 Å². The standard InChI is InChI=1S/C16H24/c1-11-9-13-14(10-12(11)2)16(5,6)8-7-15(13,3)4/h9-10H,7-8H2,1-6H3. The van der Waals surface area contributed by atoms with Crippen LogP contribution >= 0.6 is 0 Å². The second-order valence-electron chi connectivity index (χ2n) is 6.75. The molecular formula is C16H24. The van der Waals surface area contributed by atoms with E-state index in [-0.39, 0.29) is 0 Å². The van der Waals surface area contributed by atoms with E-state index >= 15 is 0 Å². The van der Waals surface area contributed by atoms with E-state index in [9.17, 15) is 0 Å². The zero-order valence-electron chi connectivity index (χ0n) is 11.6. The van der Waals surface area contributed by atoms with E-state index in [0.29, 0.717) is 10.8 Å². The number of aryl methyl sites for hydroxylation is 2. The van der Waals surface area contributed by atoms with Crippen LogP contribution in [0.1, 0.15) is 62.8 Å². The Kier molecular flexibility index (Phi) is 2.45. The summed E-state index contributed by atoms with van der Waals surface area (Å²) in [6.07, 6.45) is 2.60. The molecule has 0 amide bonds. The fourth-order valence-corrected chi connectivity index (χ4v) is 2.83. The van der Waals surface area contributed by atoms with Gasteiger partial charge in [-0.3, -0.25) is 0 Å². The summed E-state index contributed by atoms with van der Waals surface area (Å²) in [5, 5.41) is 0. The Hall–Kier alpha value is -0.780. The fourth-order valence-electron chi connectivity index (χ4n) is 2.83. The molecule has 0 unspecified atom stereocenters. The van der Waals surface area contributed by atoms with E-state index in [1.54, 1.807) is 11.1 Å². The van der Waals surface area contributed by atoms with Gasteiger partial charge in [0.15, 0.2) is 0 Å². The van der Waals surface area contributed by atoms with E-state index in [2.05, 4.69) is 53.7 Å². The van der Waals surface area contributed by atoms with Gasteiger partial charge in [0, 0.05) is 0 Å². The molecule has 0 aliphatic heterocycles. The smallest absolute Gasteiger partial charge is 0.0100 e. The highest BCUT2D eigenvalue weighted by Gasteiger charge is 2.36.